The molecule has 1 nitrogen and oxygen atoms in total. The third-order valence-corrected chi connectivity index (χ3v) is 2.54. The fourth-order valence-corrected chi connectivity index (χ4v) is 1.46. The predicted molar refractivity (Wildman–Crippen MR) is 53.5 cm³/mol. The number of hydrogen-bond donors (Lipinski definition) is 0. The van der Waals surface area contributed by atoms with Crippen molar-refractivity contribution in [2.45, 2.75) is 19.4 Å². The second-order valence-corrected chi connectivity index (χ2v) is 4.35. The van der Waals surface area contributed by atoms with Gasteiger partial charge in [0.05, 0.1) is 0 Å². The van der Waals surface area contributed by atoms with E-state index in [1.54, 1.807) is 0 Å². The zero-order valence-electron chi connectivity index (χ0n) is 7.38. The standard InChI is InChI=1S/C9H18OSi/c1-4-9(5-2)7-8-10-11-6-3/h4-5,9H,1-2,6-8,11H2,3H3. The van der Waals surface area contributed by atoms with Gasteiger partial charge >= 0.3 is 0 Å². The van der Waals surface area contributed by atoms with Crippen molar-refractivity contribution in [1.29, 1.82) is 0 Å². The van der Waals surface area contributed by atoms with E-state index in [1.165, 1.54) is 6.04 Å². The van der Waals surface area contributed by atoms with Gasteiger partial charge < -0.3 is 4.43 Å². The lowest BCUT2D eigenvalue weighted by atomic mass is 10.1. The summed E-state index contributed by atoms with van der Waals surface area (Å²) in [5, 5.41) is 0. The third-order valence-electron chi connectivity index (χ3n) is 1.55. The second-order valence-electron chi connectivity index (χ2n) is 2.54. The summed E-state index contributed by atoms with van der Waals surface area (Å²) in [5.74, 6) is 0.431. The quantitative estimate of drug-likeness (QED) is 0.322. The van der Waals surface area contributed by atoms with E-state index in [1.807, 2.05) is 12.2 Å². The lowest BCUT2D eigenvalue weighted by Gasteiger charge is -2.06. The molecule has 0 amide bonds. The van der Waals surface area contributed by atoms with E-state index < -0.39 is 0 Å². The summed E-state index contributed by atoms with van der Waals surface area (Å²) >= 11 is 0. The Kier molecular flexibility index (Phi) is 7.52. The van der Waals surface area contributed by atoms with Gasteiger partial charge in [0.1, 0.15) is 0 Å². The molecule has 0 aromatic rings. The Bertz CT molecular complexity index is 104. The molecular formula is C9H18OSi. The predicted octanol–water partition coefficient (Wildman–Crippen LogP) is 1.90. The average Bonchev–Trinajstić information content (AvgIpc) is 2.05. The number of hydrogen-bond acceptors (Lipinski definition) is 1. The Labute approximate surface area is 72.1 Å². The van der Waals surface area contributed by atoms with Crippen molar-refractivity contribution in [2.24, 2.45) is 5.92 Å². The summed E-state index contributed by atoms with van der Waals surface area (Å²) in [6.45, 7) is 10.5. The molecule has 11 heavy (non-hydrogen) atoms. The van der Waals surface area contributed by atoms with Gasteiger partial charge in [-0.2, -0.15) is 0 Å². The molecule has 0 aliphatic carbocycles. The van der Waals surface area contributed by atoms with Crippen molar-refractivity contribution in [1.82, 2.24) is 0 Å². The van der Waals surface area contributed by atoms with E-state index in [0.717, 1.165) is 13.0 Å². The van der Waals surface area contributed by atoms with E-state index in [4.69, 9.17) is 4.43 Å². The molecule has 0 aromatic carbocycles. The van der Waals surface area contributed by atoms with Crippen molar-refractivity contribution in [2.75, 3.05) is 6.61 Å². The summed E-state index contributed by atoms with van der Waals surface area (Å²) in [5.41, 5.74) is 0. The van der Waals surface area contributed by atoms with Crippen LogP contribution in [0.3, 0.4) is 0 Å². The first-order chi connectivity index (χ1) is 5.35. The highest BCUT2D eigenvalue weighted by Crippen LogP contribution is 2.04. The van der Waals surface area contributed by atoms with Gasteiger partial charge in [0.2, 0.25) is 0 Å². The van der Waals surface area contributed by atoms with Gasteiger partial charge in [-0.15, -0.1) is 13.2 Å². The molecule has 64 valence electrons. The average molecular weight is 170 g/mol. The maximum Gasteiger partial charge on any atom is 0.161 e. The molecule has 0 fully saturated rings. The molecule has 0 N–H and O–H groups in total. The van der Waals surface area contributed by atoms with Crippen LogP contribution in [0.1, 0.15) is 13.3 Å². The fourth-order valence-electron chi connectivity index (χ4n) is 0.798. The SMILES string of the molecule is C=CC(C=C)CCO[SiH2]CC. The molecule has 2 heteroatoms. The largest absolute Gasteiger partial charge is 0.424 e. The zero-order chi connectivity index (χ0) is 8.53. The van der Waals surface area contributed by atoms with Crippen LogP contribution in [0.15, 0.2) is 25.3 Å². The van der Waals surface area contributed by atoms with E-state index in [2.05, 4.69) is 20.1 Å². The lowest BCUT2D eigenvalue weighted by Crippen LogP contribution is -2.02. The van der Waals surface area contributed by atoms with Crippen LogP contribution in [0.5, 0.6) is 0 Å². The summed E-state index contributed by atoms with van der Waals surface area (Å²) in [7, 11) is -0.205. The lowest BCUT2D eigenvalue weighted by molar-refractivity contribution is 0.317. The normalized spacial score (nSPS) is 11.1. The van der Waals surface area contributed by atoms with Gasteiger partial charge in [-0.25, -0.2) is 0 Å². The molecule has 0 aromatic heterocycles. The second kappa shape index (κ2) is 7.76. The maximum absolute atomic E-state index is 5.46. The molecule has 0 bridgehead atoms. The van der Waals surface area contributed by atoms with Crippen LogP contribution in [-0.4, -0.2) is 16.4 Å². The molecule has 0 unspecified atom stereocenters. The molecule has 0 rings (SSSR count). The maximum atomic E-state index is 5.46. The van der Waals surface area contributed by atoms with E-state index in [-0.39, 0.29) is 9.76 Å². The van der Waals surface area contributed by atoms with Crippen LogP contribution in [0.25, 0.3) is 0 Å². The molecule has 0 spiro atoms. The molecule has 0 heterocycles. The first-order valence-electron chi connectivity index (χ1n) is 4.18. The third kappa shape index (κ3) is 6.07. The van der Waals surface area contributed by atoms with Gasteiger partial charge in [-0.3, -0.25) is 0 Å². The first-order valence-corrected chi connectivity index (χ1v) is 5.75. The molecule has 0 saturated carbocycles. The van der Waals surface area contributed by atoms with Gasteiger partial charge in [-0.1, -0.05) is 19.1 Å². The highest BCUT2D eigenvalue weighted by molar-refractivity contribution is 6.26. The van der Waals surface area contributed by atoms with Crippen LogP contribution < -0.4 is 0 Å². The Morgan fingerprint density at radius 2 is 2.09 bits per heavy atom. The minimum Gasteiger partial charge on any atom is -0.424 e. The van der Waals surface area contributed by atoms with Gasteiger partial charge in [0.15, 0.2) is 9.76 Å². The minimum atomic E-state index is -0.205. The Morgan fingerprint density at radius 3 is 2.55 bits per heavy atom. The number of rotatable bonds is 7. The van der Waals surface area contributed by atoms with E-state index in [0.29, 0.717) is 5.92 Å². The fraction of sp³-hybridized carbons (Fsp3) is 0.556. The van der Waals surface area contributed by atoms with Crippen LogP contribution >= 0.6 is 0 Å². The molecule has 0 aliphatic heterocycles. The van der Waals surface area contributed by atoms with Gasteiger partial charge in [-0.05, 0) is 18.4 Å². The highest BCUT2D eigenvalue weighted by Gasteiger charge is 1.96. The van der Waals surface area contributed by atoms with Crippen LogP contribution in [-0.2, 0) is 4.43 Å². The molecule has 0 radical (unpaired) electrons. The van der Waals surface area contributed by atoms with Gasteiger partial charge in [0, 0.05) is 6.61 Å². The summed E-state index contributed by atoms with van der Waals surface area (Å²) in [4.78, 5) is 0. The zero-order valence-corrected chi connectivity index (χ0v) is 8.80. The molecule has 0 atom stereocenters. The Hall–Kier alpha value is -0.343. The molecule has 0 aliphatic rings. The topological polar surface area (TPSA) is 9.23 Å². The van der Waals surface area contributed by atoms with Gasteiger partial charge in [0.25, 0.3) is 0 Å². The van der Waals surface area contributed by atoms with Crippen LogP contribution in [0.4, 0.5) is 0 Å². The number of allylic oxidation sites excluding steroid dienone is 2. The van der Waals surface area contributed by atoms with Crippen molar-refractivity contribution in [3.8, 4) is 0 Å². The monoisotopic (exact) mass is 170 g/mol. The van der Waals surface area contributed by atoms with Crippen molar-refractivity contribution in [3.05, 3.63) is 25.3 Å². The summed E-state index contributed by atoms with van der Waals surface area (Å²) in [6.07, 6.45) is 4.88. The Balaban J connectivity index is 3.21. The van der Waals surface area contributed by atoms with E-state index in [9.17, 15) is 0 Å². The smallest absolute Gasteiger partial charge is 0.161 e. The minimum absolute atomic E-state index is 0.205. The molecular weight excluding hydrogens is 152 g/mol. The van der Waals surface area contributed by atoms with Crippen molar-refractivity contribution >= 4 is 9.76 Å². The van der Waals surface area contributed by atoms with E-state index >= 15 is 0 Å². The van der Waals surface area contributed by atoms with Crippen molar-refractivity contribution < 1.29 is 4.43 Å². The summed E-state index contributed by atoms with van der Waals surface area (Å²) in [6, 6.07) is 1.23. The molecule has 0 saturated heterocycles. The first kappa shape index (κ1) is 10.7. The summed E-state index contributed by atoms with van der Waals surface area (Å²) < 4.78 is 5.46. The van der Waals surface area contributed by atoms with Crippen LogP contribution in [0, 0.1) is 5.92 Å². The Morgan fingerprint density at radius 1 is 1.45 bits per heavy atom. The van der Waals surface area contributed by atoms with Crippen LogP contribution in [0.2, 0.25) is 6.04 Å². The van der Waals surface area contributed by atoms with Crippen molar-refractivity contribution in [3.63, 3.8) is 0 Å². The highest BCUT2D eigenvalue weighted by atomic mass is 28.2.